The van der Waals surface area contributed by atoms with E-state index in [4.69, 9.17) is 4.74 Å². The van der Waals surface area contributed by atoms with Crippen molar-refractivity contribution in [2.75, 3.05) is 4.90 Å². The molecule has 0 saturated carbocycles. The van der Waals surface area contributed by atoms with Crippen molar-refractivity contribution in [1.82, 2.24) is 0 Å². The van der Waals surface area contributed by atoms with Crippen molar-refractivity contribution in [3.8, 4) is 44.9 Å². The van der Waals surface area contributed by atoms with Gasteiger partial charge in [-0.15, -0.1) is 0 Å². The molecule has 2 atom stereocenters. The molecule has 0 amide bonds. The number of para-hydroxylation sites is 1. The first-order valence-corrected chi connectivity index (χ1v) is 20.8. The fourth-order valence-electron chi connectivity index (χ4n) is 9.92. The highest BCUT2D eigenvalue weighted by atomic mass is 16.5. The van der Waals surface area contributed by atoms with E-state index in [1.807, 2.05) is 0 Å². The van der Waals surface area contributed by atoms with Crippen LogP contribution >= 0.6 is 0 Å². The Morgan fingerprint density at radius 1 is 0.350 bits per heavy atom. The molecule has 0 spiro atoms. The molecule has 0 N–H and O–H groups in total. The van der Waals surface area contributed by atoms with Gasteiger partial charge in [-0.25, -0.2) is 0 Å². The molecule has 0 bridgehead atoms. The van der Waals surface area contributed by atoms with Gasteiger partial charge in [0.25, 0.3) is 0 Å². The van der Waals surface area contributed by atoms with E-state index in [1.165, 1.54) is 66.8 Å². The van der Waals surface area contributed by atoms with Crippen LogP contribution in [0.3, 0.4) is 0 Å². The van der Waals surface area contributed by atoms with Gasteiger partial charge in [-0.2, -0.15) is 0 Å². The fraction of sp³-hybridized carbons (Fsp3) is 0.0690. The van der Waals surface area contributed by atoms with Gasteiger partial charge < -0.3 is 9.64 Å². The molecule has 0 saturated heterocycles. The number of hydrogen-bond acceptors (Lipinski definition) is 2. The summed E-state index contributed by atoms with van der Waals surface area (Å²) in [4.78, 5) is 2.40. The third kappa shape index (κ3) is 5.56. The van der Waals surface area contributed by atoms with Gasteiger partial charge in [-0.1, -0.05) is 182 Å². The first-order chi connectivity index (χ1) is 29.5. The summed E-state index contributed by atoms with van der Waals surface area (Å²) < 4.78 is 7.12. The van der Waals surface area contributed by atoms with Crippen LogP contribution in [0.25, 0.3) is 33.4 Å². The monoisotopic (exact) mass is 769 g/mol. The fourth-order valence-corrected chi connectivity index (χ4v) is 9.92. The van der Waals surface area contributed by atoms with Gasteiger partial charge in [0.15, 0.2) is 0 Å². The average Bonchev–Trinajstić information content (AvgIpc) is 3.59. The highest BCUT2D eigenvalue weighted by molar-refractivity contribution is 5.92. The molecule has 2 aliphatic rings. The van der Waals surface area contributed by atoms with E-state index in [-0.39, 0.29) is 0 Å². The van der Waals surface area contributed by atoms with Crippen LogP contribution in [0, 0.1) is 0 Å². The van der Waals surface area contributed by atoms with Gasteiger partial charge in [0.2, 0.25) is 0 Å². The second-order valence-electron chi connectivity index (χ2n) is 16.3. The zero-order valence-corrected chi connectivity index (χ0v) is 33.7. The van der Waals surface area contributed by atoms with Crippen molar-refractivity contribution < 1.29 is 4.74 Å². The summed E-state index contributed by atoms with van der Waals surface area (Å²) in [7, 11) is 0. The number of hydrogen-bond donors (Lipinski definition) is 0. The number of ether oxygens (including phenoxy) is 1. The second-order valence-corrected chi connectivity index (χ2v) is 16.3. The Balaban J connectivity index is 1.12. The first-order valence-electron chi connectivity index (χ1n) is 20.8. The average molecular weight is 770 g/mol. The number of anilines is 3. The topological polar surface area (TPSA) is 12.5 Å². The van der Waals surface area contributed by atoms with Crippen molar-refractivity contribution >= 4 is 17.1 Å². The van der Waals surface area contributed by atoms with Crippen LogP contribution in [0.15, 0.2) is 224 Å². The predicted molar refractivity (Wildman–Crippen MR) is 248 cm³/mol. The molecule has 1 aliphatic carbocycles. The van der Waals surface area contributed by atoms with Crippen molar-refractivity contribution in [2.24, 2.45) is 0 Å². The van der Waals surface area contributed by atoms with Gasteiger partial charge in [-0.05, 0) is 106 Å². The smallest absolute Gasteiger partial charge is 0.140 e. The van der Waals surface area contributed by atoms with Crippen LogP contribution in [-0.2, 0) is 10.8 Å². The van der Waals surface area contributed by atoms with Crippen molar-refractivity contribution in [3.05, 3.63) is 258 Å². The lowest BCUT2D eigenvalue weighted by atomic mass is 9.68. The molecular weight excluding hydrogens is 727 g/mol. The molecule has 2 heteroatoms. The Kier molecular flexibility index (Phi) is 8.42. The molecule has 11 rings (SSSR count). The Morgan fingerprint density at radius 3 is 1.33 bits per heavy atom. The third-order valence-electron chi connectivity index (χ3n) is 13.1. The Hall–Kier alpha value is -7.42. The lowest BCUT2D eigenvalue weighted by Crippen LogP contribution is -2.30. The molecule has 0 radical (unpaired) electrons. The van der Waals surface area contributed by atoms with E-state index in [0.29, 0.717) is 0 Å². The number of fused-ring (bicyclic) bond motifs is 6. The lowest BCUT2D eigenvalue weighted by molar-refractivity contribution is 0.428. The van der Waals surface area contributed by atoms with E-state index in [2.05, 4.69) is 243 Å². The summed E-state index contributed by atoms with van der Waals surface area (Å²) in [6, 6.07) is 81.3. The quantitative estimate of drug-likeness (QED) is 0.160. The minimum Gasteiger partial charge on any atom is -0.456 e. The van der Waals surface area contributed by atoms with Crippen LogP contribution in [-0.4, -0.2) is 0 Å². The Bertz CT molecular complexity index is 2910. The van der Waals surface area contributed by atoms with Gasteiger partial charge >= 0.3 is 0 Å². The van der Waals surface area contributed by atoms with Gasteiger partial charge in [0, 0.05) is 44.6 Å². The standard InChI is InChI=1S/C58H43NO/c1-57(44-21-11-5-12-22-44)50-25-15-16-26-54(50)60-56-52(57)38-37-51-55(56)49-36-35-48(39-53(49)58(51,2)45-23-13-6-14-24-45)59(46-31-27-42(28-32-46)40-17-7-3-8-18-40)47-33-29-43(30-34-47)41-19-9-4-10-20-41/h3-39H,1-2H3. The van der Waals surface area contributed by atoms with E-state index in [0.717, 1.165) is 28.6 Å². The maximum absolute atomic E-state index is 7.12. The second kappa shape index (κ2) is 14.1. The summed E-state index contributed by atoms with van der Waals surface area (Å²) in [5.41, 5.74) is 16.9. The predicted octanol–water partition coefficient (Wildman–Crippen LogP) is 15.3. The molecule has 0 aromatic heterocycles. The Morgan fingerprint density at radius 2 is 0.783 bits per heavy atom. The first kappa shape index (κ1) is 35.7. The van der Waals surface area contributed by atoms with Crippen molar-refractivity contribution in [2.45, 2.75) is 24.7 Å². The van der Waals surface area contributed by atoms with E-state index < -0.39 is 10.8 Å². The minimum absolute atomic E-state index is 0.416. The van der Waals surface area contributed by atoms with Crippen molar-refractivity contribution in [3.63, 3.8) is 0 Å². The third-order valence-corrected chi connectivity index (χ3v) is 13.1. The molecule has 0 fully saturated rings. The molecule has 1 aliphatic heterocycles. The van der Waals surface area contributed by atoms with Gasteiger partial charge in [0.05, 0.1) is 0 Å². The summed E-state index contributed by atoms with van der Waals surface area (Å²) in [5, 5.41) is 0. The van der Waals surface area contributed by atoms with Crippen LogP contribution in [0.2, 0.25) is 0 Å². The minimum atomic E-state index is -0.458. The molecule has 2 nitrogen and oxygen atoms in total. The molecule has 9 aromatic rings. The largest absolute Gasteiger partial charge is 0.456 e. The Labute approximate surface area is 352 Å². The number of benzene rings is 9. The van der Waals surface area contributed by atoms with Crippen molar-refractivity contribution in [1.29, 1.82) is 0 Å². The van der Waals surface area contributed by atoms with E-state index in [1.54, 1.807) is 0 Å². The molecular formula is C58H43NO. The highest BCUT2D eigenvalue weighted by Gasteiger charge is 2.47. The molecule has 286 valence electrons. The molecule has 9 aromatic carbocycles. The summed E-state index contributed by atoms with van der Waals surface area (Å²) in [5.74, 6) is 1.84. The van der Waals surface area contributed by atoms with Gasteiger partial charge in [-0.3, -0.25) is 0 Å². The summed E-state index contributed by atoms with van der Waals surface area (Å²) in [6.45, 7) is 4.75. The maximum atomic E-state index is 7.12. The zero-order chi connectivity index (χ0) is 40.3. The van der Waals surface area contributed by atoms with Crippen LogP contribution in [0.4, 0.5) is 17.1 Å². The number of nitrogens with zero attached hydrogens (tertiary/aromatic N) is 1. The maximum Gasteiger partial charge on any atom is 0.140 e. The normalized spacial score (nSPS) is 17.1. The van der Waals surface area contributed by atoms with Crippen LogP contribution < -0.4 is 9.64 Å². The highest BCUT2D eigenvalue weighted by Crippen LogP contribution is 2.62. The zero-order valence-electron chi connectivity index (χ0n) is 33.7. The summed E-state index contributed by atoms with van der Waals surface area (Å²) in [6.07, 6.45) is 0. The molecule has 2 unspecified atom stereocenters. The van der Waals surface area contributed by atoms with Crippen LogP contribution in [0.1, 0.15) is 47.2 Å². The molecule has 60 heavy (non-hydrogen) atoms. The summed E-state index contributed by atoms with van der Waals surface area (Å²) >= 11 is 0. The number of rotatable bonds is 7. The SMILES string of the molecule is CC1(c2ccccc2)c2ccccc2Oc2c1ccc1c2-c2ccc(N(c3ccc(-c4ccccc4)cc3)c3ccc(-c4ccccc4)cc3)cc2C1(C)c1ccccc1. The van der Waals surface area contributed by atoms with Gasteiger partial charge in [0.1, 0.15) is 11.5 Å². The molecule has 1 heterocycles. The van der Waals surface area contributed by atoms with E-state index >= 15 is 0 Å². The lowest BCUT2D eigenvalue weighted by Gasteiger charge is -2.39. The van der Waals surface area contributed by atoms with E-state index in [9.17, 15) is 0 Å². The van der Waals surface area contributed by atoms with Crippen LogP contribution in [0.5, 0.6) is 11.5 Å².